The molecule has 126 valence electrons. The molecule has 0 bridgehead atoms. The standard InChI is InChI=1S/C18H19BrN2O3/c1-10-5-11-6-12(19)7-14-16(11)21(10)9-15(17(14)22)18(23)20-8-13-3-2-4-24-13/h6-7,9-10,13H,2-5,8H2,1H3,(H,20,23)/t10-,13-/m0/s1. The van der Waals surface area contributed by atoms with Gasteiger partial charge in [-0.1, -0.05) is 15.9 Å². The average molecular weight is 391 g/mol. The highest BCUT2D eigenvalue weighted by molar-refractivity contribution is 9.10. The Morgan fingerprint density at radius 3 is 3.04 bits per heavy atom. The molecule has 0 aliphatic carbocycles. The van der Waals surface area contributed by atoms with Crippen LogP contribution >= 0.6 is 15.9 Å². The number of hydrogen-bond acceptors (Lipinski definition) is 3. The van der Waals surface area contributed by atoms with Crippen molar-refractivity contribution in [2.45, 2.75) is 38.3 Å². The van der Waals surface area contributed by atoms with Gasteiger partial charge < -0.3 is 14.6 Å². The summed E-state index contributed by atoms with van der Waals surface area (Å²) in [4.78, 5) is 25.4. The van der Waals surface area contributed by atoms with Gasteiger partial charge in [0, 0.05) is 35.2 Å². The summed E-state index contributed by atoms with van der Waals surface area (Å²) in [5.41, 5.74) is 2.10. The third-order valence-corrected chi connectivity index (χ3v) is 5.38. The number of amides is 1. The first-order valence-corrected chi connectivity index (χ1v) is 9.11. The number of hydrogen-bond donors (Lipinski definition) is 1. The smallest absolute Gasteiger partial charge is 0.256 e. The number of ether oxygens (including phenoxy) is 1. The zero-order valence-electron chi connectivity index (χ0n) is 13.5. The first kappa shape index (κ1) is 15.8. The molecule has 0 spiro atoms. The van der Waals surface area contributed by atoms with Crippen molar-refractivity contribution in [2.24, 2.45) is 0 Å². The molecule has 3 heterocycles. The van der Waals surface area contributed by atoms with Crippen molar-refractivity contribution in [1.82, 2.24) is 9.88 Å². The minimum absolute atomic E-state index is 0.0620. The van der Waals surface area contributed by atoms with E-state index >= 15 is 0 Å². The van der Waals surface area contributed by atoms with Gasteiger partial charge in [0.1, 0.15) is 5.56 Å². The Kier molecular flexibility index (Phi) is 3.96. The molecule has 1 amide bonds. The minimum Gasteiger partial charge on any atom is -0.376 e. The van der Waals surface area contributed by atoms with Crippen LogP contribution in [-0.2, 0) is 11.2 Å². The molecule has 1 N–H and O–H groups in total. The summed E-state index contributed by atoms with van der Waals surface area (Å²) in [5, 5.41) is 3.46. The van der Waals surface area contributed by atoms with Gasteiger partial charge in [0.2, 0.25) is 5.43 Å². The van der Waals surface area contributed by atoms with Crippen LogP contribution in [0.15, 0.2) is 27.6 Å². The quantitative estimate of drug-likeness (QED) is 0.876. The molecule has 5 nitrogen and oxygen atoms in total. The molecule has 1 aromatic carbocycles. The molecule has 0 radical (unpaired) electrons. The first-order valence-electron chi connectivity index (χ1n) is 8.31. The van der Waals surface area contributed by atoms with Crippen molar-refractivity contribution < 1.29 is 9.53 Å². The third kappa shape index (κ3) is 2.58. The molecule has 1 saturated heterocycles. The summed E-state index contributed by atoms with van der Waals surface area (Å²) < 4.78 is 8.45. The fourth-order valence-electron chi connectivity index (χ4n) is 3.73. The van der Waals surface area contributed by atoms with Gasteiger partial charge in [0.15, 0.2) is 0 Å². The number of pyridine rings is 1. The predicted molar refractivity (Wildman–Crippen MR) is 95.6 cm³/mol. The maximum absolute atomic E-state index is 12.8. The maximum Gasteiger partial charge on any atom is 0.256 e. The Labute approximate surface area is 148 Å². The van der Waals surface area contributed by atoms with Gasteiger partial charge >= 0.3 is 0 Å². The second kappa shape index (κ2) is 6.01. The van der Waals surface area contributed by atoms with Crippen LogP contribution in [0.4, 0.5) is 0 Å². The highest BCUT2D eigenvalue weighted by atomic mass is 79.9. The summed E-state index contributed by atoms with van der Waals surface area (Å²) in [7, 11) is 0. The van der Waals surface area contributed by atoms with Gasteiger partial charge in [-0.15, -0.1) is 0 Å². The number of halogens is 1. The van der Waals surface area contributed by atoms with Crippen molar-refractivity contribution in [3.05, 3.63) is 44.2 Å². The van der Waals surface area contributed by atoms with Gasteiger partial charge in [-0.05, 0) is 43.9 Å². The van der Waals surface area contributed by atoms with Gasteiger partial charge in [-0.25, -0.2) is 0 Å². The topological polar surface area (TPSA) is 60.3 Å². The SMILES string of the molecule is C[C@H]1Cc2cc(Br)cc3c(=O)c(C(=O)NC[C@@H]4CCCO4)cn1c23. The van der Waals surface area contributed by atoms with Crippen molar-refractivity contribution in [2.75, 3.05) is 13.2 Å². The molecule has 1 fully saturated rings. The molecule has 24 heavy (non-hydrogen) atoms. The molecule has 4 rings (SSSR count). The van der Waals surface area contributed by atoms with Crippen molar-refractivity contribution >= 4 is 32.7 Å². The zero-order chi connectivity index (χ0) is 16.8. The summed E-state index contributed by atoms with van der Waals surface area (Å²) in [6.45, 7) is 3.30. The number of benzene rings is 1. The van der Waals surface area contributed by atoms with E-state index in [2.05, 4.69) is 38.8 Å². The molecule has 6 heteroatoms. The molecule has 2 aliphatic heterocycles. The minimum atomic E-state index is -0.318. The van der Waals surface area contributed by atoms with E-state index in [-0.39, 0.29) is 29.0 Å². The van der Waals surface area contributed by atoms with Crippen LogP contribution in [0.25, 0.3) is 10.9 Å². The van der Waals surface area contributed by atoms with E-state index in [9.17, 15) is 9.59 Å². The maximum atomic E-state index is 12.8. The zero-order valence-corrected chi connectivity index (χ0v) is 15.1. The monoisotopic (exact) mass is 390 g/mol. The Morgan fingerprint density at radius 2 is 2.29 bits per heavy atom. The highest BCUT2D eigenvalue weighted by Gasteiger charge is 2.25. The third-order valence-electron chi connectivity index (χ3n) is 4.92. The normalized spacial score (nSPS) is 22.2. The molecule has 0 unspecified atom stereocenters. The molecule has 1 aromatic heterocycles. The van der Waals surface area contributed by atoms with Crippen molar-refractivity contribution in [3.8, 4) is 0 Å². The molecular formula is C18H19BrN2O3. The lowest BCUT2D eigenvalue weighted by Gasteiger charge is -2.14. The number of rotatable bonds is 3. The van der Waals surface area contributed by atoms with Crippen LogP contribution in [0.2, 0.25) is 0 Å². The predicted octanol–water partition coefficient (Wildman–Crippen LogP) is 2.79. The van der Waals surface area contributed by atoms with Gasteiger partial charge in [0.25, 0.3) is 5.91 Å². The molecule has 2 aromatic rings. The number of carbonyl (C=O) groups is 1. The van der Waals surface area contributed by atoms with Crippen LogP contribution in [0.1, 0.15) is 41.7 Å². The van der Waals surface area contributed by atoms with E-state index < -0.39 is 0 Å². The Morgan fingerprint density at radius 1 is 1.46 bits per heavy atom. The van der Waals surface area contributed by atoms with Crippen LogP contribution < -0.4 is 10.7 Å². The lowest BCUT2D eigenvalue weighted by molar-refractivity contribution is 0.0856. The lowest BCUT2D eigenvalue weighted by atomic mass is 10.1. The average Bonchev–Trinajstić information content (AvgIpc) is 3.16. The van der Waals surface area contributed by atoms with Gasteiger partial charge in [0.05, 0.1) is 11.6 Å². The molecule has 2 aliphatic rings. The fourth-order valence-corrected chi connectivity index (χ4v) is 4.23. The molecule has 2 atom stereocenters. The number of nitrogens with one attached hydrogen (secondary N) is 1. The van der Waals surface area contributed by atoms with E-state index in [1.54, 1.807) is 6.20 Å². The molecular weight excluding hydrogens is 372 g/mol. The van der Waals surface area contributed by atoms with E-state index in [4.69, 9.17) is 4.74 Å². The Hall–Kier alpha value is -1.66. The number of carbonyl (C=O) groups excluding carboxylic acids is 1. The van der Waals surface area contributed by atoms with Crippen molar-refractivity contribution in [1.29, 1.82) is 0 Å². The second-order valence-electron chi connectivity index (χ2n) is 6.64. The van der Waals surface area contributed by atoms with Gasteiger partial charge in [-0.3, -0.25) is 9.59 Å². The van der Waals surface area contributed by atoms with Crippen LogP contribution in [0.5, 0.6) is 0 Å². The Bertz CT molecular complexity index is 884. The van der Waals surface area contributed by atoms with Crippen LogP contribution in [0.3, 0.4) is 0 Å². The van der Waals surface area contributed by atoms with Crippen molar-refractivity contribution in [3.63, 3.8) is 0 Å². The molecule has 0 saturated carbocycles. The van der Waals surface area contributed by atoms with Crippen LogP contribution in [0, 0.1) is 0 Å². The fraction of sp³-hybridized carbons (Fsp3) is 0.444. The summed E-state index contributed by atoms with van der Waals surface area (Å²) in [6, 6.07) is 4.10. The lowest BCUT2D eigenvalue weighted by Crippen LogP contribution is -2.35. The van der Waals surface area contributed by atoms with E-state index in [0.717, 1.165) is 41.4 Å². The second-order valence-corrected chi connectivity index (χ2v) is 7.55. The number of nitrogens with zero attached hydrogens (tertiary/aromatic N) is 1. The van der Waals surface area contributed by atoms with Crippen LogP contribution in [-0.4, -0.2) is 29.7 Å². The Balaban J connectivity index is 1.73. The highest BCUT2D eigenvalue weighted by Crippen LogP contribution is 2.33. The largest absolute Gasteiger partial charge is 0.376 e. The summed E-state index contributed by atoms with van der Waals surface area (Å²) >= 11 is 3.47. The van der Waals surface area contributed by atoms with E-state index in [0.29, 0.717) is 11.9 Å². The number of aromatic nitrogens is 1. The van der Waals surface area contributed by atoms with E-state index in [1.807, 2.05) is 6.07 Å². The summed E-state index contributed by atoms with van der Waals surface area (Å²) in [6.07, 6.45) is 4.63. The summed E-state index contributed by atoms with van der Waals surface area (Å²) in [5.74, 6) is -0.318. The van der Waals surface area contributed by atoms with E-state index in [1.165, 1.54) is 0 Å². The first-order chi connectivity index (χ1) is 11.5. The van der Waals surface area contributed by atoms with Gasteiger partial charge in [-0.2, -0.15) is 0 Å².